The monoisotopic (exact) mass is 291 g/mol. The molecule has 7 heteroatoms. The molecule has 3 heterocycles. The van der Waals surface area contributed by atoms with Crippen molar-refractivity contribution in [1.82, 2.24) is 24.3 Å². The van der Waals surface area contributed by atoms with E-state index in [0.29, 0.717) is 18.2 Å². The molecule has 0 saturated heterocycles. The van der Waals surface area contributed by atoms with Gasteiger partial charge in [-0.15, -0.1) is 11.6 Å². The summed E-state index contributed by atoms with van der Waals surface area (Å²) in [6.45, 7) is 0. The Morgan fingerprint density at radius 1 is 1.25 bits per heavy atom. The van der Waals surface area contributed by atoms with Crippen LogP contribution >= 0.6 is 11.6 Å². The summed E-state index contributed by atoms with van der Waals surface area (Å²) in [5.41, 5.74) is 1.53. The highest BCUT2D eigenvalue weighted by molar-refractivity contribution is 6.17. The minimum absolute atomic E-state index is 0.493. The van der Waals surface area contributed by atoms with Gasteiger partial charge in [-0.3, -0.25) is 9.25 Å². The number of pyridine rings is 1. The number of hydrogen-bond acceptors (Lipinski definition) is 4. The predicted molar refractivity (Wildman–Crippen MR) is 76.6 cm³/mol. The van der Waals surface area contributed by atoms with Gasteiger partial charge in [-0.05, 0) is 6.07 Å². The molecule has 3 aromatic rings. The minimum Gasteiger partial charge on any atom is -0.481 e. The van der Waals surface area contributed by atoms with Crippen molar-refractivity contribution in [3.8, 4) is 11.7 Å². The first-order valence-corrected chi connectivity index (χ1v) is 6.74. The molecule has 6 nitrogen and oxygen atoms in total. The highest BCUT2D eigenvalue weighted by Crippen LogP contribution is 2.22. The van der Waals surface area contributed by atoms with E-state index in [0.717, 1.165) is 22.8 Å². The van der Waals surface area contributed by atoms with Gasteiger partial charge in [0.15, 0.2) is 11.5 Å². The Kier molecular flexibility index (Phi) is 3.31. The van der Waals surface area contributed by atoms with Crippen LogP contribution in [0, 0.1) is 0 Å². The van der Waals surface area contributed by atoms with Crippen LogP contribution in [0.25, 0.3) is 17.0 Å². The molecule has 20 heavy (non-hydrogen) atoms. The van der Waals surface area contributed by atoms with Crippen molar-refractivity contribution in [2.45, 2.75) is 6.42 Å². The van der Waals surface area contributed by atoms with Crippen LogP contribution in [-0.2, 0) is 13.5 Å². The molecule has 0 unspecified atom stereocenters. The Hall–Kier alpha value is -2.08. The van der Waals surface area contributed by atoms with Crippen LogP contribution in [0.15, 0.2) is 24.4 Å². The molecule has 0 aliphatic carbocycles. The number of aromatic nitrogens is 5. The Morgan fingerprint density at radius 2 is 2.10 bits per heavy atom. The zero-order valence-corrected chi connectivity index (χ0v) is 12.0. The van der Waals surface area contributed by atoms with Crippen LogP contribution in [0.5, 0.6) is 5.88 Å². The molecule has 0 bridgehead atoms. The molecule has 104 valence electrons. The van der Waals surface area contributed by atoms with Gasteiger partial charge in [0, 0.05) is 37.7 Å². The van der Waals surface area contributed by atoms with Crippen LogP contribution in [0.3, 0.4) is 0 Å². The fourth-order valence-corrected chi connectivity index (χ4v) is 2.28. The van der Waals surface area contributed by atoms with Crippen molar-refractivity contribution in [3.63, 3.8) is 0 Å². The van der Waals surface area contributed by atoms with Gasteiger partial charge in [0.25, 0.3) is 0 Å². The van der Waals surface area contributed by atoms with E-state index in [1.165, 1.54) is 0 Å². The van der Waals surface area contributed by atoms with E-state index in [9.17, 15) is 0 Å². The zero-order chi connectivity index (χ0) is 14.1. The minimum atomic E-state index is 0.493. The van der Waals surface area contributed by atoms with Crippen molar-refractivity contribution >= 4 is 22.8 Å². The van der Waals surface area contributed by atoms with E-state index < -0.39 is 0 Å². The molecule has 0 N–H and O–H groups in total. The number of rotatable bonds is 4. The van der Waals surface area contributed by atoms with E-state index in [1.54, 1.807) is 17.9 Å². The van der Waals surface area contributed by atoms with Gasteiger partial charge in [-0.2, -0.15) is 10.1 Å². The third-order valence-electron chi connectivity index (χ3n) is 3.00. The molecular weight excluding hydrogens is 278 g/mol. The molecule has 0 spiro atoms. The molecule has 0 saturated carbocycles. The Labute approximate surface area is 121 Å². The topological polar surface area (TPSA) is 57.8 Å². The Bertz CT molecular complexity index is 748. The quantitative estimate of drug-likeness (QED) is 0.689. The van der Waals surface area contributed by atoms with Crippen LogP contribution < -0.4 is 4.74 Å². The van der Waals surface area contributed by atoms with Gasteiger partial charge in [-0.25, -0.2) is 4.98 Å². The molecule has 0 fully saturated rings. The first kappa shape index (κ1) is 12.9. The number of hydrogen-bond donors (Lipinski definition) is 0. The van der Waals surface area contributed by atoms with E-state index in [1.807, 2.05) is 29.9 Å². The van der Waals surface area contributed by atoms with E-state index in [-0.39, 0.29) is 0 Å². The number of imidazole rings is 1. The molecule has 3 aromatic heterocycles. The largest absolute Gasteiger partial charge is 0.481 e. The second-order valence-corrected chi connectivity index (χ2v) is 4.72. The Morgan fingerprint density at radius 3 is 2.75 bits per heavy atom. The summed E-state index contributed by atoms with van der Waals surface area (Å²) < 4.78 is 8.84. The van der Waals surface area contributed by atoms with Crippen molar-refractivity contribution in [2.75, 3.05) is 13.0 Å². The summed E-state index contributed by atoms with van der Waals surface area (Å²) >= 11 is 5.86. The van der Waals surface area contributed by atoms with E-state index in [4.69, 9.17) is 16.3 Å². The van der Waals surface area contributed by atoms with Crippen LogP contribution in [0.4, 0.5) is 0 Å². The van der Waals surface area contributed by atoms with Crippen LogP contribution in [0.1, 0.15) is 5.82 Å². The number of nitrogens with zero attached hydrogens (tertiary/aromatic N) is 5. The second kappa shape index (κ2) is 5.13. The lowest BCUT2D eigenvalue weighted by Crippen LogP contribution is -2.04. The van der Waals surface area contributed by atoms with Crippen molar-refractivity contribution in [1.29, 1.82) is 0 Å². The number of halogens is 1. The lowest BCUT2D eigenvalue weighted by molar-refractivity contribution is 0.399. The lowest BCUT2D eigenvalue weighted by Gasteiger charge is -2.04. The standard InChI is InChI=1S/C13H14ClN5O/c1-18-8-6-11(17-18)19-10(5-7-14)15-9-3-4-12(20-2)16-13(9)19/h3-4,6,8H,5,7H2,1-2H3. The number of alkyl halides is 1. The smallest absolute Gasteiger partial charge is 0.215 e. The fourth-order valence-electron chi connectivity index (χ4n) is 2.12. The average Bonchev–Trinajstić information content (AvgIpc) is 3.01. The summed E-state index contributed by atoms with van der Waals surface area (Å²) in [7, 11) is 3.47. The van der Waals surface area contributed by atoms with Crippen LogP contribution in [-0.4, -0.2) is 37.3 Å². The lowest BCUT2D eigenvalue weighted by atomic mass is 10.4. The van der Waals surface area contributed by atoms with Gasteiger partial charge in [0.05, 0.1) is 7.11 Å². The normalized spacial score (nSPS) is 11.2. The van der Waals surface area contributed by atoms with Crippen molar-refractivity contribution in [2.24, 2.45) is 7.05 Å². The number of fused-ring (bicyclic) bond motifs is 1. The van der Waals surface area contributed by atoms with Crippen molar-refractivity contribution in [3.05, 3.63) is 30.2 Å². The first-order valence-electron chi connectivity index (χ1n) is 6.21. The average molecular weight is 292 g/mol. The summed E-state index contributed by atoms with van der Waals surface area (Å²) in [6, 6.07) is 5.60. The maximum atomic E-state index is 5.86. The van der Waals surface area contributed by atoms with Gasteiger partial charge in [-0.1, -0.05) is 0 Å². The summed E-state index contributed by atoms with van der Waals surface area (Å²) in [6.07, 6.45) is 2.53. The van der Waals surface area contributed by atoms with Gasteiger partial charge in [0.2, 0.25) is 5.88 Å². The molecule has 0 atom stereocenters. The highest BCUT2D eigenvalue weighted by Gasteiger charge is 2.15. The maximum Gasteiger partial charge on any atom is 0.215 e. The van der Waals surface area contributed by atoms with Gasteiger partial charge >= 0.3 is 0 Å². The molecule has 0 radical (unpaired) electrons. The van der Waals surface area contributed by atoms with E-state index in [2.05, 4.69) is 15.1 Å². The molecule has 0 aromatic carbocycles. The molecule has 0 amide bonds. The molecule has 0 aliphatic heterocycles. The fraction of sp³-hybridized carbons (Fsp3) is 0.308. The summed E-state index contributed by atoms with van der Waals surface area (Å²) in [4.78, 5) is 9.04. The SMILES string of the molecule is COc1ccc2nc(CCCl)n(-c3ccn(C)n3)c2n1. The number of ether oxygens (including phenoxy) is 1. The molecule has 3 rings (SSSR count). The highest BCUT2D eigenvalue weighted by atomic mass is 35.5. The van der Waals surface area contributed by atoms with Gasteiger partial charge in [0.1, 0.15) is 11.3 Å². The predicted octanol–water partition coefficient (Wildman–Crippen LogP) is 1.94. The number of aryl methyl sites for hydroxylation is 2. The Balaban J connectivity index is 2.26. The van der Waals surface area contributed by atoms with Crippen LogP contribution in [0.2, 0.25) is 0 Å². The zero-order valence-electron chi connectivity index (χ0n) is 11.2. The second-order valence-electron chi connectivity index (χ2n) is 4.35. The van der Waals surface area contributed by atoms with E-state index >= 15 is 0 Å². The van der Waals surface area contributed by atoms with Crippen molar-refractivity contribution < 1.29 is 4.74 Å². The molecular formula is C13H14ClN5O. The number of methoxy groups -OCH3 is 1. The summed E-state index contributed by atoms with van der Waals surface area (Å²) in [5.74, 6) is 2.66. The third kappa shape index (κ3) is 2.12. The maximum absolute atomic E-state index is 5.86. The molecule has 0 aliphatic rings. The first-order chi connectivity index (χ1) is 9.72. The summed E-state index contributed by atoms with van der Waals surface area (Å²) in [5, 5.41) is 4.42. The third-order valence-corrected chi connectivity index (χ3v) is 3.19. The van der Waals surface area contributed by atoms with Gasteiger partial charge < -0.3 is 4.74 Å².